The van der Waals surface area contributed by atoms with E-state index in [9.17, 15) is 22.8 Å². The van der Waals surface area contributed by atoms with Crippen LogP contribution in [0.15, 0.2) is 41.2 Å². The van der Waals surface area contributed by atoms with Crippen LogP contribution in [0.3, 0.4) is 0 Å². The lowest BCUT2D eigenvalue weighted by molar-refractivity contribution is 0.197. The Hall–Kier alpha value is -3.29. The van der Waals surface area contributed by atoms with Crippen molar-refractivity contribution >= 4 is 22.5 Å². The van der Waals surface area contributed by atoms with Crippen molar-refractivity contribution < 1.29 is 18.0 Å². The van der Waals surface area contributed by atoms with Crippen molar-refractivity contribution in [2.24, 2.45) is 0 Å². The molecular weight excluding hydrogens is 383 g/mol. The molecule has 1 atom stereocenters. The number of aromatic nitrogens is 1. The van der Waals surface area contributed by atoms with Gasteiger partial charge in [-0.2, -0.15) is 0 Å². The molecule has 0 saturated heterocycles. The van der Waals surface area contributed by atoms with Crippen LogP contribution in [0.25, 0.3) is 10.8 Å². The highest BCUT2D eigenvalue weighted by atomic mass is 19.2. The van der Waals surface area contributed by atoms with Gasteiger partial charge in [-0.1, -0.05) is 0 Å². The van der Waals surface area contributed by atoms with Crippen LogP contribution in [0.1, 0.15) is 30.1 Å². The van der Waals surface area contributed by atoms with E-state index in [1.807, 2.05) is 0 Å². The van der Waals surface area contributed by atoms with Crippen molar-refractivity contribution in [3.05, 3.63) is 75.5 Å². The van der Waals surface area contributed by atoms with Crippen molar-refractivity contribution in [3.63, 3.8) is 0 Å². The third kappa shape index (κ3) is 3.46. The lowest BCUT2D eigenvalue weighted by Gasteiger charge is -2.34. The Morgan fingerprint density at radius 3 is 2.45 bits per heavy atom. The second kappa shape index (κ2) is 7.27. The lowest BCUT2D eigenvalue weighted by Crippen LogP contribution is -2.37. The highest BCUT2D eigenvalue weighted by molar-refractivity contribution is 5.91. The summed E-state index contributed by atoms with van der Waals surface area (Å²) < 4.78 is 40.7. The number of nitrogens with zero attached hydrogens (tertiary/aromatic N) is 1. The van der Waals surface area contributed by atoms with Crippen LogP contribution < -0.4 is 10.9 Å². The molecule has 2 aromatic carbocycles. The molecule has 0 bridgehead atoms. The van der Waals surface area contributed by atoms with Gasteiger partial charge in [-0.25, -0.2) is 18.0 Å². The van der Waals surface area contributed by atoms with Gasteiger partial charge in [0.2, 0.25) is 0 Å². The Kier molecular flexibility index (Phi) is 4.77. The summed E-state index contributed by atoms with van der Waals surface area (Å²) >= 11 is 0. The number of aromatic amines is 1. The number of carbonyl (C=O) groups is 1. The summed E-state index contributed by atoms with van der Waals surface area (Å²) in [5.74, 6) is -2.56. The lowest BCUT2D eigenvalue weighted by atomic mass is 9.87. The molecule has 0 saturated carbocycles. The first-order valence-corrected chi connectivity index (χ1v) is 9.18. The van der Waals surface area contributed by atoms with Crippen LogP contribution in [0.5, 0.6) is 0 Å². The van der Waals surface area contributed by atoms with Crippen LogP contribution in [0, 0.1) is 17.5 Å². The number of hydrogen-bond acceptors (Lipinski definition) is 2. The van der Waals surface area contributed by atoms with Gasteiger partial charge in [-0.3, -0.25) is 4.79 Å². The van der Waals surface area contributed by atoms with Gasteiger partial charge in [0.15, 0.2) is 11.6 Å². The summed E-state index contributed by atoms with van der Waals surface area (Å²) in [5.41, 5.74) is 1.17. The van der Waals surface area contributed by atoms with E-state index < -0.39 is 35.1 Å². The number of pyridine rings is 1. The molecule has 1 aliphatic carbocycles. The molecule has 2 amide bonds. The quantitative estimate of drug-likeness (QED) is 0.665. The van der Waals surface area contributed by atoms with E-state index in [4.69, 9.17) is 0 Å². The zero-order valence-electron chi connectivity index (χ0n) is 15.6. The molecule has 1 unspecified atom stereocenters. The van der Waals surface area contributed by atoms with E-state index in [-0.39, 0.29) is 5.39 Å². The maximum absolute atomic E-state index is 13.9. The van der Waals surface area contributed by atoms with Crippen LogP contribution >= 0.6 is 0 Å². The predicted molar refractivity (Wildman–Crippen MR) is 103 cm³/mol. The maximum atomic E-state index is 13.9. The minimum Gasteiger partial charge on any atom is -0.325 e. The first-order chi connectivity index (χ1) is 13.8. The molecule has 150 valence electrons. The molecule has 2 N–H and O–H groups in total. The molecule has 1 aliphatic rings. The molecule has 1 aromatic heterocycles. The van der Waals surface area contributed by atoms with Crippen molar-refractivity contribution in [1.29, 1.82) is 0 Å². The highest BCUT2D eigenvalue weighted by Crippen LogP contribution is 2.37. The van der Waals surface area contributed by atoms with E-state index in [2.05, 4.69) is 10.3 Å². The number of hydrogen-bond donors (Lipinski definition) is 2. The number of halogens is 3. The SMILES string of the molecule is CN(C(=O)Nc1ccc(F)cc1)C1CCCc2[nH]c(=O)c3cc(F)c(F)cc3c21. The van der Waals surface area contributed by atoms with Gasteiger partial charge < -0.3 is 15.2 Å². The molecule has 8 heteroatoms. The van der Waals surface area contributed by atoms with Crippen LogP contribution in [-0.2, 0) is 6.42 Å². The van der Waals surface area contributed by atoms with E-state index in [1.54, 1.807) is 7.05 Å². The molecular formula is C21H18F3N3O2. The fourth-order valence-electron chi connectivity index (χ4n) is 3.86. The summed E-state index contributed by atoms with van der Waals surface area (Å²) in [4.78, 5) is 29.3. The number of anilines is 1. The van der Waals surface area contributed by atoms with E-state index in [1.165, 1.54) is 29.2 Å². The van der Waals surface area contributed by atoms with Gasteiger partial charge in [0, 0.05) is 24.0 Å². The molecule has 5 nitrogen and oxygen atoms in total. The second-order valence-corrected chi connectivity index (χ2v) is 7.11. The Labute approximate surface area is 164 Å². The number of urea groups is 1. The average molecular weight is 401 g/mol. The minimum absolute atomic E-state index is 0.0434. The van der Waals surface area contributed by atoms with E-state index >= 15 is 0 Å². The Bertz CT molecular complexity index is 1160. The fourth-order valence-corrected chi connectivity index (χ4v) is 3.86. The van der Waals surface area contributed by atoms with Crippen LogP contribution in [-0.4, -0.2) is 23.0 Å². The normalized spacial score (nSPS) is 15.8. The summed E-state index contributed by atoms with van der Waals surface area (Å²) in [6, 6.07) is 6.39. The zero-order valence-corrected chi connectivity index (χ0v) is 15.6. The van der Waals surface area contributed by atoms with Crippen LogP contribution in [0.2, 0.25) is 0 Å². The van der Waals surface area contributed by atoms with Gasteiger partial charge in [-0.15, -0.1) is 0 Å². The first kappa shape index (κ1) is 19.0. The number of carbonyl (C=O) groups excluding carboxylic acids is 1. The number of aryl methyl sites for hydroxylation is 1. The number of benzene rings is 2. The monoisotopic (exact) mass is 401 g/mol. The Balaban J connectivity index is 1.74. The Morgan fingerprint density at radius 2 is 1.76 bits per heavy atom. The summed E-state index contributed by atoms with van der Waals surface area (Å²) in [6.07, 6.45) is 1.89. The van der Waals surface area contributed by atoms with Gasteiger partial charge in [0.1, 0.15) is 5.82 Å². The first-order valence-electron chi connectivity index (χ1n) is 9.18. The number of fused-ring (bicyclic) bond motifs is 3. The Morgan fingerprint density at radius 1 is 1.10 bits per heavy atom. The molecule has 3 aromatic rings. The van der Waals surface area contributed by atoms with Gasteiger partial charge in [0.05, 0.1) is 11.4 Å². The molecule has 0 aliphatic heterocycles. The topological polar surface area (TPSA) is 65.2 Å². The van der Waals surface area contributed by atoms with Crippen molar-refractivity contribution in [1.82, 2.24) is 9.88 Å². The third-order valence-corrected chi connectivity index (χ3v) is 5.31. The van der Waals surface area contributed by atoms with Gasteiger partial charge >= 0.3 is 6.03 Å². The minimum atomic E-state index is -1.10. The molecule has 0 spiro atoms. The number of rotatable bonds is 2. The van der Waals surface area contributed by atoms with E-state index in [0.29, 0.717) is 35.2 Å². The van der Waals surface area contributed by atoms with Gasteiger partial charge in [0.25, 0.3) is 5.56 Å². The average Bonchev–Trinajstić information content (AvgIpc) is 2.70. The summed E-state index contributed by atoms with van der Waals surface area (Å²) in [5, 5.41) is 3.03. The fraction of sp³-hybridized carbons (Fsp3) is 0.238. The third-order valence-electron chi connectivity index (χ3n) is 5.31. The smallest absolute Gasteiger partial charge is 0.322 e. The number of amides is 2. The maximum Gasteiger partial charge on any atom is 0.322 e. The molecule has 29 heavy (non-hydrogen) atoms. The highest BCUT2D eigenvalue weighted by Gasteiger charge is 2.30. The van der Waals surface area contributed by atoms with Gasteiger partial charge in [-0.05, 0) is 61.0 Å². The number of nitrogens with one attached hydrogen (secondary N) is 2. The molecule has 1 heterocycles. The zero-order chi connectivity index (χ0) is 20.7. The molecule has 0 fully saturated rings. The summed E-state index contributed by atoms with van der Waals surface area (Å²) in [6.45, 7) is 0. The van der Waals surface area contributed by atoms with Crippen molar-refractivity contribution in [2.75, 3.05) is 12.4 Å². The molecule has 0 radical (unpaired) electrons. The van der Waals surface area contributed by atoms with Crippen molar-refractivity contribution in [2.45, 2.75) is 25.3 Å². The largest absolute Gasteiger partial charge is 0.325 e. The number of H-pyrrole nitrogens is 1. The standard InChI is InChI=1S/C21H18F3N3O2/c1-27(21(29)25-12-7-5-11(22)6-8-12)18-4-2-3-17-19(18)13-9-15(23)16(24)10-14(13)20(28)26-17/h5-10,18H,2-4H2,1H3,(H,25,29)(H,26,28). The van der Waals surface area contributed by atoms with Crippen molar-refractivity contribution in [3.8, 4) is 0 Å². The van der Waals surface area contributed by atoms with E-state index in [0.717, 1.165) is 18.6 Å². The van der Waals surface area contributed by atoms with Crippen LogP contribution in [0.4, 0.5) is 23.7 Å². The predicted octanol–water partition coefficient (Wildman–Crippen LogP) is 4.49. The summed E-state index contributed by atoms with van der Waals surface area (Å²) in [7, 11) is 1.59. The molecule has 4 rings (SSSR count). The second-order valence-electron chi connectivity index (χ2n) is 7.11.